The lowest BCUT2D eigenvalue weighted by molar-refractivity contribution is -0.132. The largest absolute Gasteiger partial charge is 0.353 e. The summed E-state index contributed by atoms with van der Waals surface area (Å²) in [5.74, 6) is -0.869. The van der Waals surface area contributed by atoms with Crippen LogP contribution in [0.4, 0.5) is 0 Å². The molecule has 0 radical (unpaired) electrons. The van der Waals surface area contributed by atoms with Crippen molar-refractivity contribution in [2.24, 2.45) is 11.8 Å². The molecule has 1 aromatic carbocycles. The molecule has 6 heteroatoms. The summed E-state index contributed by atoms with van der Waals surface area (Å²) >= 11 is 0. The highest BCUT2D eigenvalue weighted by molar-refractivity contribution is 5.88. The average molecular weight is 568 g/mol. The van der Waals surface area contributed by atoms with Crippen molar-refractivity contribution in [3.05, 3.63) is 47.5 Å². The molecular weight excluding hydrogens is 510 g/mol. The van der Waals surface area contributed by atoms with Crippen LogP contribution in [0.2, 0.25) is 0 Å². The second-order valence-electron chi connectivity index (χ2n) is 12.5. The van der Waals surface area contributed by atoms with Crippen molar-refractivity contribution in [3.8, 4) is 0 Å². The van der Waals surface area contributed by atoms with Gasteiger partial charge in [0.1, 0.15) is 6.04 Å². The van der Waals surface area contributed by atoms with Gasteiger partial charge in [-0.1, -0.05) is 107 Å². The van der Waals surface area contributed by atoms with Gasteiger partial charge in [0.05, 0.1) is 5.92 Å². The van der Waals surface area contributed by atoms with Gasteiger partial charge in [-0.3, -0.25) is 14.4 Å². The first-order chi connectivity index (χ1) is 19.7. The maximum absolute atomic E-state index is 13.3. The summed E-state index contributed by atoms with van der Waals surface area (Å²) in [5, 5.41) is 9.17. The number of allylic oxidation sites excluding steroid dienone is 2. The van der Waals surface area contributed by atoms with Crippen LogP contribution in [0.3, 0.4) is 0 Å². The van der Waals surface area contributed by atoms with E-state index in [1.54, 1.807) is 6.92 Å². The summed E-state index contributed by atoms with van der Waals surface area (Å²) in [4.78, 5) is 38.4. The third-order valence-corrected chi connectivity index (χ3v) is 8.54. The highest BCUT2D eigenvalue weighted by Crippen LogP contribution is 2.22. The quantitative estimate of drug-likeness (QED) is 0.177. The van der Waals surface area contributed by atoms with E-state index in [1.807, 2.05) is 13.0 Å². The molecule has 1 saturated carbocycles. The zero-order chi connectivity index (χ0) is 30.0. The first-order valence-electron chi connectivity index (χ1n) is 16.2. The Morgan fingerprint density at radius 3 is 2.00 bits per heavy atom. The third kappa shape index (κ3) is 14.2. The number of unbranched alkanes of at least 4 members (excludes halogenated alkanes) is 1. The van der Waals surface area contributed by atoms with Crippen LogP contribution < -0.4 is 16.0 Å². The lowest BCUT2D eigenvalue weighted by Crippen LogP contribution is -2.53. The van der Waals surface area contributed by atoms with Gasteiger partial charge in [-0.15, -0.1) is 0 Å². The van der Waals surface area contributed by atoms with E-state index in [0.717, 1.165) is 51.4 Å². The molecule has 0 aliphatic heterocycles. The van der Waals surface area contributed by atoms with Gasteiger partial charge in [-0.2, -0.15) is 0 Å². The number of hydrogen-bond acceptors (Lipinski definition) is 3. The topological polar surface area (TPSA) is 87.3 Å². The zero-order valence-electron chi connectivity index (χ0n) is 26.5. The molecule has 41 heavy (non-hydrogen) atoms. The van der Waals surface area contributed by atoms with Crippen LogP contribution >= 0.6 is 0 Å². The number of rotatable bonds is 13. The van der Waals surface area contributed by atoms with Crippen molar-refractivity contribution < 1.29 is 14.4 Å². The van der Waals surface area contributed by atoms with Crippen LogP contribution in [-0.2, 0) is 20.8 Å². The van der Waals surface area contributed by atoms with E-state index in [1.165, 1.54) is 56.6 Å². The summed E-state index contributed by atoms with van der Waals surface area (Å²) in [6.07, 6.45) is 18.2. The molecule has 3 unspecified atom stereocenters. The lowest BCUT2D eigenvalue weighted by Gasteiger charge is -2.31. The zero-order valence-corrected chi connectivity index (χ0v) is 26.5. The Bertz CT molecular complexity index is 933. The number of hydrogen-bond donors (Lipinski definition) is 3. The summed E-state index contributed by atoms with van der Waals surface area (Å²) in [7, 11) is 0. The Hall–Kier alpha value is -2.63. The second-order valence-corrected chi connectivity index (χ2v) is 12.5. The smallest absolute Gasteiger partial charge is 0.242 e. The monoisotopic (exact) mass is 567 g/mol. The van der Waals surface area contributed by atoms with Crippen molar-refractivity contribution in [2.75, 3.05) is 0 Å². The molecule has 1 fully saturated rings. The molecule has 2 rings (SSSR count). The molecule has 1 aliphatic rings. The van der Waals surface area contributed by atoms with Gasteiger partial charge < -0.3 is 16.0 Å². The average Bonchev–Trinajstić information content (AvgIpc) is 3.00. The second kappa shape index (κ2) is 19.5. The highest BCUT2D eigenvalue weighted by Gasteiger charge is 2.31. The molecule has 0 bridgehead atoms. The predicted octanol–water partition coefficient (Wildman–Crippen LogP) is 7.03. The van der Waals surface area contributed by atoms with Crippen molar-refractivity contribution in [3.63, 3.8) is 0 Å². The van der Waals surface area contributed by atoms with Crippen LogP contribution in [-0.4, -0.2) is 35.8 Å². The Morgan fingerprint density at radius 2 is 1.41 bits per heavy atom. The third-order valence-electron chi connectivity index (χ3n) is 8.54. The fourth-order valence-corrected chi connectivity index (χ4v) is 6.04. The summed E-state index contributed by atoms with van der Waals surface area (Å²) in [5.41, 5.74) is 2.62. The van der Waals surface area contributed by atoms with Gasteiger partial charge in [0.25, 0.3) is 0 Å². The molecule has 0 spiro atoms. The van der Waals surface area contributed by atoms with Gasteiger partial charge in [0.2, 0.25) is 17.7 Å². The van der Waals surface area contributed by atoms with Crippen LogP contribution in [0.25, 0.3) is 0 Å². The molecule has 0 saturated heterocycles. The fourth-order valence-electron chi connectivity index (χ4n) is 6.04. The minimum Gasteiger partial charge on any atom is -0.353 e. The van der Waals surface area contributed by atoms with Gasteiger partial charge >= 0.3 is 0 Å². The summed E-state index contributed by atoms with van der Waals surface area (Å²) < 4.78 is 0. The van der Waals surface area contributed by atoms with Crippen LogP contribution in [0.1, 0.15) is 124 Å². The van der Waals surface area contributed by atoms with Crippen molar-refractivity contribution in [1.29, 1.82) is 0 Å². The summed E-state index contributed by atoms with van der Waals surface area (Å²) in [6.45, 7) is 9.31. The molecule has 1 aliphatic carbocycles. The molecule has 1 aromatic rings. The number of carbonyl (C=O) groups is 3. The first kappa shape index (κ1) is 34.6. The first-order valence-corrected chi connectivity index (χ1v) is 16.2. The van der Waals surface area contributed by atoms with E-state index in [2.05, 4.69) is 60.1 Å². The van der Waals surface area contributed by atoms with Gasteiger partial charge in [-0.25, -0.2) is 0 Å². The van der Waals surface area contributed by atoms with Gasteiger partial charge in [0, 0.05) is 19.0 Å². The molecule has 3 N–H and O–H groups in total. The maximum Gasteiger partial charge on any atom is 0.242 e. The number of aryl methyl sites for hydroxylation is 1. The number of benzene rings is 1. The van der Waals surface area contributed by atoms with E-state index in [-0.39, 0.29) is 35.7 Å². The van der Waals surface area contributed by atoms with E-state index >= 15 is 0 Å². The molecule has 230 valence electrons. The molecule has 3 amide bonds. The van der Waals surface area contributed by atoms with Crippen molar-refractivity contribution in [2.45, 2.75) is 143 Å². The lowest BCUT2D eigenvalue weighted by atomic mass is 9.85. The normalized spacial score (nSPS) is 18.7. The maximum atomic E-state index is 13.3. The SMILES string of the molecule is CC(=O)NC(C(C)C/C(C)=C/CCCc1ccccc1)[C@H](C)C(=O)NC(C)C(=O)NC1CCCCCCCCCC1. The predicted molar refractivity (Wildman–Crippen MR) is 169 cm³/mol. The van der Waals surface area contributed by atoms with Crippen molar-refractivity contribution in [1.82, 2.24) is 16.0 Å². The molecule has 0 aromatic heterocycles. The molecular formula is C35H57N3O3. The Kier molecular flexibility index (Phi) is 16.4. The minimum atomic E-state index is -0.623. The van der Waals surface area contributed by atoms with Gasteiger partial charge in [-0.05, 0) is 63.9 Å². The fraction of sp³-hybridized carbons (Fsp3) is 0.686. The van der Waals surface area contributed by atoms with E-state index < -0.39 is 12.0 Å². The van der Waals surface area contributed by atoms with E-state index in [4.69, 9.17) is 0 Å². The minimum absolute atomic E-state index is 0.0705. The van der Waals surface area contributed by atoms with Crippen LogP contribution in [0, 0.1) is 11.8 Å². The van der Waals surface area contributed by atoms with Crippen molar-refractivity contribution >= 4 is 17.7 Å². The number of carbonyl (C=O) groups excluding carboxylic acids is 3. The van der Waals surface area contributed by atoms with Crippen LogP contribution in [0.5, 0.6) is 0 Å². The number of nitrogens with one attached hydrogen (secondary N) is 3. The highest BCUT2D eigenvalue weighted by atomic mass is 16.2. The van der Waals surface area contributed by atoms with E-state index in [9.17, 15) is 14.4 Å². The Labute approximate surface area is 249 Å². The van der Waals surface area contributed by atoms with Gasteiger partial charge in [0.15, 0.2) is 0 Å². The van der Waals surface area contributed by atoms with Crippen LogP contribution in [0.15, 0.2) is 42.0 Å². The molecule has 4 atom stereocenters. The summed E-state index contributed by atoms with van der Waals surface area (Å²) in [6, 6.07) is 9.75. The van der Waals surface area contributed by atoms with E-state index in [0.29, 0.717) is 0 Å². The Balaban J connectivity index is 1.88. The molecule has 0 heterocycles. The molecule has 6 nitrogen and oxygen atoms in total. The number of amides is 3. The standard InChI is InChI=1S/C35H57N3O3/c1-26(19-17-18-22-31-20-13-12-14-21-31)25-27(2)33(37-30(5)39)28(3)34(40)36-29(4)35(41)38-32-23-15-10-8-6-7-9-11-16-24-32/h12-14,19-21,27-29,32-33H,6-11,15-18,22-25H2,1-5H3,(H,36,40)(H,37,39)(H,38,41)/b26-19+/t27?,28-,29?,33?/m0/s1. The Morgan fingerprint density at radius 1 is 0.829 bits per heavy atom.